The van der Waals surface area contributed by atoms with Gasteiger partial charge in [0.15, 0.2) is 0 Å². The van der Waals surface area contributed by atoms with Crippen LogP contribution in [0.1, 0.15) is 10.4 Å². The summed E-state index contributed by atoms with van der Waals surface area (Å²) in [6.07, 6.45) is 4.45. The van der Waals surface area contributed by atoms with Crippen molar-refractivity contribution in [1.82, 2.24) is 9.97 Å². The number of nitrogens with zero attached hydrogens (tertiary/aromatic N) is 2. The van der Waals surface area contributed by atoms with Crippen LogP contribution in [0, 0.1) is 0 Å². The van der Waals surface area contributed by atoms with E-state index in [0.29, 0.717) is 21.5 Å². The second-order valence-corrected chi connectivity index (χ2v) is 4.28. The van der Waals surface area contributed by atoms with E-state index in [1.165, 1.54) is 18.7 Å². The van der Waals surface area contributed by atoms with Gasteiger partial charge in [0.2, 0.25) is 0 Å². The number of methoxy groups -OCH3 is 1. The Morgan fingerprint density at radius 3 is 2.72 bits per heavy atom. The molecule has 0 atom stereocenters. The molecule has 0 radical (unpaired) electrons. The predicted molar refractivity (Wildman–Crippen MR) is 70.7 cm³/mol. The minimum Gasteiger partial charge on any atom is -0.497 e. The van der Waals surface area contributed by atoms with Gasteiger partial charge in [0, 0.05) is 4.47 Å². The number of anilines is 1. The molecule has 92 valence electrons. The standard InChI is InChI=1S/C12H10BrN3O2/c1-18-9-2-3-11(13)10(4-9)12(17)16-8-5-14-7-15-6-8/h2-7H,1H3,(H,16,17). The van der Waals surface area contributed by atoms with Gasteiger partial charge in [-0.2, -0.15) is 0 Å². The molecule has 0 aliphatic carbocycles. The van der Waals surface area contributed by atoms with Crippen molar-refractivity contribution < 1.29 is 9.53 Å². The summed E-state index contributed by atoms with van der Waals surface area (Å²) in [6, 6.07) is 5.19. The van der Waals surface area contributed by atoms with Gasteiger partial charge in [-0.05, 0) is 34.1 Å². The second-order valence-electron chi connectivity index (χ2n) is 3.43. The molecule has 0 aliphatic rings. The van der Waals surface area contributed by atoms with Crippen LogP contribution in [0.3, 0.4) is 0 Å². The molecule has 0 unspecified atom stereocenters. The molecule has 1 aromatic carbocycles. The van der Waals surface area contributed by atoms with E-state index in [1.807, 2.05) is 0 Å². The third-order valence-corrected chi connectivity index (χ3v) is 2.93. The van der Waals surface area contributed by atoms with Crippen molar-refractivity contribution in [3.63, 3.8) is 0 Å². The molecule has 5 nitrogen and oxygen atoms in total. The normalized spacial score (nSPS) is 9.89. The van der Waals surface area contributed by atoms with Crippen LogP contribution in [-0.2, 0) is 0 Å². The van der Waals surface area contributed by atoms with Crippen LogP contribution in [-0.4, -0.2) is 23.0 Å². The molecule has 1 N–H and O–H groups in total. The van der Waals surface area contributed by atoms with Crippen molar-refractivity contribution >= 4 is 27.5 Å². The first kappa shape index (κ1) is 12.5. The molecular formula is C12H10BrN3O2. The highest BCUT2D eigenvalue weighted by molar-refractivity contribution is 9.10. The van der Waals surface area contributed by atoms with Crippen LogP contribution >= 0.6 is 15.9 Å². The Morgan fingerprint density at radius 2 is 2.06 bits per heavy atom. The van der Waals surface area contributed by atoms with E-state index >= 15 is 0 Å². The first-order valence-electron chi connectivity index (χ1n) is 5.10. The Hall–Kier alpha value is -1.95. The van der Waals surface area contributed by atoms with Gasteiger partial charge < -0.3 is 10.1 Å². The number of benzene rings is 1. The highest BCUT2D eigenvalue weighted by Crippen LogP contribution is 2.23. The maximum Gasteiger partial charge on any atom is 0.257 e. The number of aromatic nitrogens is 2. The van der Waals surface area contributed by atoms with Gasteiger partial charge in [0.25, 0.3) is 5.91 Å². The summed E-state index contributed by atoms with van der Waals surface area (Å²) in [7, 11) is 1.55. The SMILES string of the molecule is COc1ccc(Br)c(C(=O)Nc2cncnc2)c1. The zero-order chi connectivity index (χ0) is 13.0. The maximum absolute atomic E-state index is 12.1. The van der Waals surface area contributed by atoms with Crippen LogP contribution in [0.4, 0.5) is 5.69 Å². The monoisotopic (exact) mass is 307 g/mol. The van der Waals surface area contributed by atoms with E-state index in [1.54, 1.807) is 25.3 Å². The summed E-state index contributed by atoms with van der Waals surface area (Å²) in [6.45, 7) is 0. The fourth-order valence-corrected chi connectivity index (χ4v) is 1.79. The fourth-order valence-electron chi connectivity index (χ4n) is 1.37. The van der Waals surface area contributed by atoms with Gasteiger partial charge >= 0.3 is 0 Å². The molecule has 0 saturated heterocycles. The average molecular weight is 308 g/mol. The zero-order valence-corrected chi connectivity index (χ0v) is 11.1. The number of hydrogen-bond acceptors (Lipinski definition) is 4. The van der Waals surface area contributed by atoms with Crippen LogP contribution < -0.4 is 10.1 Å². The summed E-state index contributed by atoms with van der Waals surface area (Å²) in [4.78, 5) is 19.7. The van der Waals surface area contributed by atoms with E-state index in [-0.39, 0.29) is 5.91 Å². The van der Waals surface area contributed by atoms with Crippen molar-refractivity contribution in [2.45, 2.75) is 0 Å². The summed E-state index contributed by atoms with van der Waals surface area (Å²) < 4.78 is 5.78. The van der Waals surface area contributed by atoms with Gasteiger partial charge in [-0.15, -0.1) is 0 Å². The lowest BCUT2D eigenvalue weighted by atomic mass is 10.2. The zero-order valence-electron chi connectivity index (χ0n) is 9.55. The second kappa shape index (κ2) is 5.59. The number of ether oxygens (including phenoxy) is 1. The van der Waals surface area contributed by atoms with E-state index in [9.17, 15) is 4.79 Å². The molecule has 0 spiro atoms. The highest BCUT2D eigenvalue weighted by atomic mass is 79.9. The highest BCUT2D eigenvalue weighted by Gasteiger charge is 2.11. The maximum atomic E-state index is 12.1. The smallest absolute Gasteiger partial charge is 0.257 e. The van der Waals surface area contributed by atoms with Crippen LogP contribution in [0.15, 0.2) is 41.4 Å². The van der Waals surface area contributed by atoms with Crippen LogP contribution in [0.5, 0.6) is 5.75 Å². The third-order valence-electron chi connectivity index (χ3n) is 2.24. The minimum absolute atomic E-state index is 0.254. The molecule has 18 heavy (non-hydrogen) atoms. The fraction of sp³-hybridized carbons (Fsp3) is 0.0833. The Balaban J connectivity index is 2.23. The number of rotatable bonds is 3. The van der Waals surface area contributed by atoms with Gasteiger partial charge in [-0.1, -0.05) is 0 Å². The first-order valence-corrected chi connectivity index (χ1v) is 5.90. The van der Waals surface area contributed by atoms with Crippen LogP contribution in [0.25, 0.3) is 0 Å². The van der Waals surface area contributed by atoms with Gasteiger partial charge in [0.05, 0.1) is 30.8 Å². The van der Waals surface area contributed by atoms with Gasteiger partial charge in [-0.25, -0.2) is 9.97 Å². The number of nitrogens with one attached hydrogen (secondary N) is 1. The summed E-state index contributed by atoms with van der Waals surface area (Å²) in [5.74, 6) is 0.364. The molecule has 2 aromatic rings. The van der Waals surface area contributed by atoms with Crippen molar-refractivity contribution in [1.29, 1.82) is 0 Å². The number of halogens is 1. The predicted octanol–water partition coefficient (Wildman–Crippen LogP) is 2.50. The Morgan fingerprint density at radius 1 is 1.33 bits per heavy atom. The van der Waals surface area contributed by atoms with Gasteiger partial charge in [-0.3, -0.25) is 4.79 Å². The third kappa shape index (κ3) is 2.84. The van der Waals surface area contributed by atoms with E-state index in [4.69, 9.17) is 4.74 Å². The lowest BCUT2D eigenvalue weighted by Gasteiger charge is -2.08. The molecule has 6 heteroatoms. The minimum atomic E-state index is -0.254. The van der Waals surface area contributed by atoms with Gasteiger partial charge in [0.1, 0.15) is 12.1 Å². The molecule has 0 fully saturated rings. The number of hydrogen-bond donors (Lipinski definition) is 1. The van der Waals surface area contributed by atoms with Crippen molar-refractivity contribution in [3.05, 3.63) is 47.0 Å². The molecule has 0 saturated carbocycles. The number of carbonyl (C=O) groups is 1. The Labute approximate surface area is 112 Å². The van der Waals surface area contributed by atoms with E-state index in [0.717, 1.165) is 0 Å². The molecule has 1 aromatic heterocycles. The van der Waals surface area contributed by atoms with E-state index < -0.39 is 0 Å². The van der Waals surface area contributed by atoms with Crippen molar-refractivity contribution in [3.8, 4) is 5.75 Å². The average Bonchev–Trinajstić information content (AvgIpc) is 2.40. The lowest BCUT2D eigenvalue weighted by molar-refractivity contribution is 0.102. The van der Waals surface area contributed by atoms with Crippen LogP contribution in [0.2, 0.25) is 0 Å². The molecule has 1 heterocycles. The number of amides is 1. The Kier molecular flexibility index (Phi) is 3.88. The molecule has 0 aliphatic heterocycles. The number of carbonyl (C=O) groups excluding carboxylic acids is 1. The molecule has 0 bridgehead atoms. The first-order chi connectivity index (χ1) is 8.70. The summed E-state index contributed by atoms with van der Waals surface area (Å²) in [5.41, 5.74) is 1.02. The summed E-state index contributed by atoms with van der Waals surface area (Å²) >= 11 is 3.33. The molecule has 1 amide bonds. The quantitative estimate of drug-likeness (QED) is 0.946. The topological polar surface area (TPSA) is 64.1 Å². The molecular weight excluding hydrogens is 298 g/mol. The largest absolute Gasteiger partial charge is 0.497 e. The lowest BCUT2D eigenvalue weighted by Crippen LogP contribution is -2.13. The van der Waals surface area contributed by atoms with Crippen molar-refractivity contribution in [2.24, 2.45) is 0 Å². The molecule has 2 rings (SSSR count). The van der Waals surface area contributed by atoms with Crippen molar-refractivity contribution in [2.75, 3.05) is 12.4 Å². The Bertz CT molecular complexity index is 561. The van der Waals surface area contributed by atoms with E-state index in [2.05, 4.69) is 31.2 Å². The summed E-state index contributed by atoms with van der Waals surface area (Å²) in [5, 5.41) is 2.70.